The summed E-state index contributed by atoms with van der Waals surface area (Å²) >= 11 is 0. The molecule has 1 aromatic carbocycles. The number of carbonyl (C=O) groups excluding carboxylic acids is 2. The maximum Gasteiger partial charge on any atom is 0.251 e. The molecule has 3 rings (SSSR count). The van der Waals surface area contributed by atoms with Gasteiger partial charge in [0.25, 0.3) is 5.91 Å². The summed E-state index contributed by atoms with van der Waals surface area (Å²) in [4.78, 5) is 25.7. The number of hydrogen-bond donors (Lipinski definition) is 1. The van der Waals surface area contributed by atoms with Crippen molar-refractivity contribution in [1.82, 2.24) is 20.0 Å². The molecule has 2 aromatic rings. The molecule has 0 atom stereocenters. The van der Waals surface area contributed by atoms with E-state index in [4.69, 9.17) is 0 Å². The molecular formula is C17H19FN4O2. The van der Waals surface area contributed by atoms with E-state index in [0.29, 0.717) is 24.6 Å². The largest absolute Gasteiger partial charge is 0.343 e. The highest BCUT2D eigenvalue weighted by molar-refractivity contribution is 5.96. The molecule has 1 fully saturated rings. The Kier molecular flexibility index (Phi) is 4.59. The van der Waals surface area contributed by atoms with E-state index in [1.54, 1.807) is 9.58 Å². The lowest BCUT2D eigenvalue weighted by molar-refractivity contribution is -0.136. The van der Waals surface area contributed by atoms with Gasteiger partial charge in [-0.25, -0.2) is 4.39 Å². The lowest BCUT2D eigenvalue weighted by Gasteiger charge is -2.39. The quantitative estimate of drug-likeness (QED) is 0.889. The van der Waals surface area contributed by atoms with Gasteiger partial charge in [-0.3, -0.25) is 14.3 Å². The summed E-state index contributed by atoms with van der Waals surface area (Å²) in [6, 6.07) is 5.22. The zero-order valence-electron chi connectivity index (χ0n) is 13.4. The first-order valence-electron chi connectivity index (χ1n) is 7.80. The average molecular weight is 330 g/mol. The number of aromatic nitrogens is 2. The number of likely N-dealkylation sites (tertiary alicyclic amines) is 1. The molecule has 0 radical (unpaired) electrons. The monoisotopic (exact) mass is 330 g/mol. The normalized spacial score (nSPS) is 14.3. The fourth-order valence-corrected chi connectivity index (χ4v) is 2.78. The van der Waals surface area contributed by atoms with Crippen molar-refractivity contribution in [1.29, 1.82) is 0 Å². The van der Waals surface area contributed by atoms with Gasteiger partial charge in [0.15, 0.2) is 0 Å². The van der Waals surface area contributed by atoms with Crippen LogP contribution in [0.4, 0.5) is 4.39 Å². The van der Waals surface area contributed by atoms with Crippen molar-refractivity contribution < 1.29 is 14.0 Å². The summed E-state index contributed by atoms with van der Waals surface area (Å²) in [7, 11) is 1.88. The summed E-state index contributed by atoms with van der Waals surface area (Å²) in [6.45, 7) is 1.34. The highest BCUT2D eigenvalue weighted by Gasteiger charge is 2.30. The van der Waals surface area contributed by atoms with Gasteiger partial charge in [-0.15, -0.1) is 0 Å². The van der Waals surface area contributed by atoms with Gasteiger partial charge < -0.3 is 10.2 Å². The maximum atomic E-state index is 12.8. The number of rotatable bonds is 5. The van der Waals surface area contributed by atoms with Gasteiger partial charge in [-0.2, -0.15) is 5.10 Å². The second-order valence-electron chi connectivity index (χ2n) is 6.08. The fourth-order valence-electron chi connectivity index (χ4n) is 2.78. The average Bonchev–Trinajstić information content (AvgIpc) is 2.93. The minimum atomic E-state index is -0.400. The van der Waals surface area contributed by atoms with Gasteiger partial charge in [-0.1, -0.05) is 0 Å². The van der Waals surface area contributed by atoms with Crippen molar-refractivity contribution in [2.75, 3.05) is 19.6 Å². The molecule has 2 heterocycles. The van der Waals surface area contributed by atoms with Crippen molar-refractivity contribution in [3.63, 3.8) is 0 Å². The summed E-state index contributed by atoms with van der Waals surface area (Å²) in [6.07, 6.45) is 4.72. The molecule has 1 saturated heterocycles. The zero-order chi connectivity index (χ0) is 17.1. The van der Waals surface area contributed by atoms with Crippen LogP contribution in [0.15, 0.2) is 36.7 Å². The van der Waals surface area contributed by atoms with Crippen LogP contribution < -0.4 is 5.32 Å². The lowest BCUT2D eigenvalue weighted by atomic mass is 9.93. The topological polar surface area (TPSA) is 67.2 Å². The molecule has 1 N–H and O–H groups in total. The first-order valence-corrected chi connectivity index (χ1v) is 7.80. The predicted molar refractivity (Wildman–Crippen MR) is 85.7 cm³/mol. The molecule has 0 bridgehead atoms. The van der Waals surface area contributed by atoms with Crippen LogP contribution >= 0.6 is 0 Å². The molecule has 0 saturated carbocycles. The molecule has 1 aliphatic rings. The Morgan fingerprint density at radius 2 is 2.00 bits per heavy atom. The van der Waals surface area contributed by atoms with E-state index in [0.717, 1.165) is 6.42 Å². The molecule has 2 amide bonds. The number of halogens is 1. The standard InChI is InChI=1S/C17H19FN4O2/c1-21-9-12(7-20-21)6-13-10-22(11-13)16(23)8-19-17(24)14-2-4-15(18)5-3-14/h2-5,7,9,13H,6,8,10-11H2,1H3,(H,19,24). The van der Waals surface area contributed by atoms with Gasteiger partial charge in [0.05, 0.1) is 12.7 Å². The number of amides is 2. The summed E-state index contributed by atoms with van der Waals surface area (Å²) < 4.78 is 14.6. The Morgan fingerprint density at radius 1 is 1.29 bits per heavy atom. The minimum Gasteiger partial charge on any atom is -0.343 e. The Hall–Kier alpha value is -2.70. The first-order chi connectivity index (χ1) is 11.5. The molecule has 1 aromatic heterocycles. The minimum absolute atomic E-state index is 0.0458. The van der Waals surface area contributed by atoms with Gasteiger partial charge in [-0.05, 0) is 42.2 Å². The number of hydrogen-bond acceptors (Lipinski definition) is 3. The van der Waals surface area contributed by atoms with E-state index in [2.05, 4.69) is 10.4 Å². The van der Waals surface area contributed by atoms with E-state index in [1.165, 1.54) is 29.8 Å². The third-order valence-corrected chi connectivity index (χ3v) is 4.10. The smallest absolute Gasteiger partial charge is 0.251 e. The van der Waals surface area contributed by atoms with Crippen LogP contribution in [-0.2, 0) is 18.3 Å². The van der Waals surface area contributed by atoms with Crippen molar-refractivity contribution in [3.8, 4) is 0 Å². The number of nitrogens with one attached hydrogen (secondary N) is 1. The van der Waals surface area contributed by atoms with Crippen molar-refractivity contribution in [2.45, 2.75) is 6.42 Å². The molecule has 24 heavy (non-hydrogen) atoms. The number of benzene rings is 1. The molecule has 0 unspecified atom stereocenters. The van der Waals surface area contributed by atoms with Crippen LogP contribution in [0.1, 0.15) is 15.9 Å². The lowest BCUT2D eigenvalue weighted by Crippen LogP contribution is -2.53. The molecule has 1 aliphatic heterocycles. The van der Waals surface area contributed by atoms with Crippen molar-refractivity contribution >= 4 is 11.8 Å². The molecule has 126 valence electrons. The number of aryl methyl sites for hydroxylation is 1. The van der Waals surface area contributed by atoms with E-state index in [1.807, 2.05) is 19.4 Å². The van der Waals surface area contributed by atoms with E-state index >= 15 is 0 Å². The van der Waals surface area contributed by atoms with Crippen LogP contribution in [0.25, 0.3) is 0 Å². The van der Waals surface area contributed by atoms with Gasteiger partial charge in [0.1, 0.15) is 5.82 Å². The SMILES string of the molecule is Cn1cc(CC2CN(C(=O)CNC(=O)c3ccc(F)cc3)C2)cn1. The second-order valence-corrected chi connectivity index (χ2v) is 6.08. The highest BCUT2D eigenvalue weighted by Crippen LogP contribution is 2.20. The van der Waals surface area contributed by atoms with Crippen LogP contribution in [0.2, 0.25) is 0 Å². The van der Waals surface area contributed by atoms with E-state index < -0.39 is 5.82 Å². The number of carbonyl (C=O) groups is 2. The molecule has 0 aliphatic carbocycles. The van der Waals surface area contributed by atoms with Crippen LogP contribution in [0.5, 0.6) is 0 Å². The Morgan fingerprint density at radius 3 is 2.62 bits per heavy atom. The summed E-state index contributed by atoms with van der Waals surface area (Å²) in [5, 5.41) is 6.70. The van der Waals surface area contributed by atoms with Crippen molar-refractivity contribution in [2.24, 2.45) is 13.0 Å². The van der Waals surface area contributed by atoms with Crippen LogP contribution in [0, 0.1) is 11.7 Å². The number of nitrogens with zero attached hydrogens (tertiary/aromatic N) is 3. The molecule has 0 spiro atoms. The first kappa shape index (κ1) is 16.2. The van der Waals surface area contributed by atoms with Crippen LogP contribution in [-0.4, -0.2) is 46.1 Å². The Bertz CT molecular complexity index is 735. The van der Waals surface area contributed by atoms with Crippen molar-refractivity contribution in [3.05, 3.63) is 53.6 Å². The Balaban J connectivity index is 1.40. The third-order valence-electron chi connectivity index (χ3n) is 4.10. The fraction of sp³-hybridized carbons (Fsp3) is 0.353. The summed E-state index contributed by atoms with van der Waals surface area (Å²) in [5.41, 5.74) is 1.50. The highest BCUT2D eigenvalue weighted by atomic mass is 19.1. The molecule has 7 heteroatoms. The molecule has 6 nitrogen and oxygen atoms in total. The Labute approximate surface area is 139 Å². The third kappa shape index (κ3) is 3.79. The van der Waals surface area contributed by atoms with E-state index in [-0.39, 0.29) is 18.4 Å². The molecular weight excluding hydrogens is 311 g/mol. The zero-order valence-corrected chi connectivity index (χ0v) is 13.4. The maximum absolute atomic E-state index is 12.8. The van der Waals surface area contributed by atoms with Gasteiger partial charge in [0.2, 0.25) is 5.91 Å². The van der Waals surface area contributed by atoms with E-state index in [9.17, 15) is 14.0 Å². The second kappa shape index (κ2) is 6.82. The summed E-state index contributed by atoms with van der Waals surface area (Å²) in [5.74, 6) is -0.447. The van der Waals surface area contributed by atoms with Gasteiger partial charge >= 0.3 is 0 Å². The van der Waals surface area contributed by atoms with Gasteiger partial charge in [0, 0.05) is 31.9 Å². The van der Waals surface area contributed by atoms with Crippen LogP contribution in [0.3, 0.4) is 0 Å². The predicted octanol–water partition coefficient (Wildman–Crippen LogP) is 0.990.